The number of nitrogens with one attached hydrogen (secondary N) is 2. The lowest BCUT2D eigenvalue weighted by atomic mass is 9.86. The monoisotopic (exact) mass is 398 g/mol. The summed E-state index contributed by atoms with van der Waals surface area (Å²) < 4.78 is 0. The number of nitrogens with zero attached hydrogens (tertiary/aromatic N) is 4. The predicted molar refractivity (Wildman–Crippen MR) is 105 cm³/mol. The van der Waals surface area contributed by atoms with Crippen molar-refractivity contribution in [3.63, 3.8) is 0 Å². The average Bonchev–Trinajstić information content (AvgIpc) is 3.31. The van der Waals surface area contributed by atoms with Gasteiger partial charge in [-0.05, 0) is 68.4 Å². The minimum absolute atomic E-state index is 0.0388. The largest absolute Gasteiger partial charge is 0.286 e. The molecule has 1 unspecified atom stereocenters. The van der Waals surface area contributed by atoms with Crippen molar-refractivity contribution in [2.24, 2.45) is 23.7 Å². The Morgan fingerprint density at radius 2 is 2.00 bits per heavy atom. The molecule has 0 aliphatic heterocycles. The van der Waals surface area contributed by atoms with Crippen LogP contribution < -0.4 is 10.9 Å². The molecule has 2 amide bonds. The van der Waals surface area contributed by atoms with Crippen LogP contribution in [-0.4, -0.2) is 44.3 Å². The number of aromatic nitrogens is 3. The number of amides is 2. The molecular weight excluding hydrogens is 372 g/mol. The van der Waals surface area contributed by atoms with Crippen molar-refractivity contribution in [2.45, 2.75) is 39.0 Å². The Balaban J connectivity index is 1.43. The predicted octanol–water partition coefficient (Wildman–Crippen LogP) is 2.07. The number of fused-ring (bicyclic) bond motifs is 3. The Bertz CT molecular complexity index is 887. The van der Waals surface area contributed by atoms with E-state index in [9.17, 15) is 14.8 Å². The summed E-state index contributed by atoms with van der Waals surface area (Å²) in [6.07, 6.45) is 5.85. The molecule has 2 aliphatic rings. The number of hydroxylamine groups is 2. The maximum Gasteiger partial charge on any atom is 0.262 e. The molecule has 2 fully saturated rings. The molecule has 0 saturated heterocycles. The van der Waals surface area contributed by atoms with E-state index in [1.54, 1.807) is 0 Å². The zero-order chi connectivity index (χ0) is 20.4. The van der Waals surface area contributed by atoms with Gasteiger partial charge in [0.05, 0.1) is 18.0 Å². The molecule has 1 aromatic carbocycles. The summed E-state index contributed by atoms with van der Waals surface area (Å²) in [4.78, 5) is 28.1. The Hall–Kier alpha value is -2.81. The fourth-order valence-electron chi connectivity index (χ4n) is 5.00. The quantitative estimate of drug-likeness (QED) is 0.354. The Morgan fingerprint density at radius 3 is 2.69 bits per heavy atom. The van der Waals surface area contributed by atoms with Crippen LogP contribution in [0.25, 0.3) is 11.0 Å². The van der Waals surface area contributed by atoms with Gasteiger partial charge in [-0.1, -0.05) is 12.1 Å². The van der Waals surface area contributed by atoms with Gasteiger partial charge >= 0.3 is 0 Å². The standard InChI is InChI=1S/C20H26N6O3/c1-12-3-2-4-17-18(12)21-20(24-22-17)25-23-19(28)15(10-26(29)11-27)9-16-13-5-6-14(16)8-7-13/h2-4,11,13-16,29H,5-10H2,1H3,(H,23,28)(H,21,24,25). The van der Waals surface area contributed by atoms with E-state index in [1.165, 1.54) is 25.7 Å². The lowest BCUT2D eigenvalue weighted by Crippen LogP contribution is -2.41. The maximum absolute atomic E-state index is 12.8. The van der Waals surface area contributed by atoms with E-state index in [2.05, 4.69) is 26.0 Å². The van der Waals surface area contributed by atoms with Gasteiger partial charge in [0.2, 0.25) is 12.3 Å². The van der Waals surface area contributed by atoms with E-state index >= 15 is 0 Å². The first kappa shape index (κ1) is 19.5. The van der Waals surface area contributed by atoms with Crippen molar-refractivity contribution in [3.05, 3.63) is 23.8 Å². The summed E-state index contributed by atoms with van der Waals surface area (Å²) in [5.41, 5.74) is 7.70. The molecule has 2 bridgehead atoms. The lowest BCUT2D eigenvalue weighted by Gasteiger charge is -2.24. The number of rotatable bonds is 8. The first-order valence-electron chi connectivity index (χ1n) is 10.1. The maximum atomic E-state index is 12.8. The van der Waals surface area contributed by atoms with Gasteiger partial charge in [-0.15, -0.1) is 10.2 Å². The SMILES string of the molecule is Cc1cccc2nnc(NNC(=O)C(CC3C4CCC3CC4)CN(O)C=O)nc12. The fourth-order valence-corrected chi connectivity index (χ4v) is 5.00. The molecule has 2 aromatic rings. The zero-order valence-electron chi connectivity index (χ0n) is 16.4. The van der Waals surface area contributed by atoms with E-state index in [1.807, 2.05) is 25.1 Å². The highest BCUT2D eigenvalue weighted by Gasteiger charge is 2.43. The van der Waals surface area contributed by atoms with Crippen LogP contribution in [0.2, 0.25) is 0 Å². The zero-order valence-corrected chi connectivity index (χ0v) is 16.4. The van der Waals surface area contributed by atoms with Crippen LogP contribution >= 0.6 is 0 Å². The van der Waals surface area contributed by atoms with Crippen LogP contribution in [0.4, 0.5) is 5.95 Å². The normalized spacial score (nSPS) is 23.7. The molecule has 9 nitrogen and oxygen atoms in total. The first-order chi connectivity index (χ1) is 14.0. The smallest absolute Gasteiger partial charge is 0.262 e. The highest BCUT2D eigenvalue weighted by Crippen LogP contribution is 2.51. The molecule has 1 aromatic heterocycles. The number of hydrogen-bond acceptors (Lipinski definition) is 7. The van der Waals surface area contributed by atoms with Crippen molar-refractivity contribution in [1.29, 1.82) is 0 Å². The van der Waals surface area contributed by atoms with Crippen LogP contribution in [0, 0.1) is 30.6 Å². The van der Waals surface area contributed by atoms with Crippen molar-refractivity contribution in [2.75, 3.05) is 12.0 Å². The van der Waals surface area contributed by atoms with Gasteiger partial charge in [0.15, 0.2) is 0 Å². The van der Waals surface area contributed by atoms with Gasteiger partial charge in [-0.3, -0.25) is 25.6 Å². The molecule has 2 saturated carbocycles. The van der Waals surface area contributed by atoms with E-state index in [0.717, 1.165) is 5.56 Å². The van der Waals surface area contributed by atoms with Crippen molar-refractivity contribution in [3.8, 4) is 0 Å². The molecular formula is C20H26N6O3. The number of para-hydroxylation sites is 1. The van der Waals surface area contributed by atoms with Crippen molar-refractivity contribution in [1.82, 2.24) is 25.7 Å². The second-order valence-corrected chi connectivity index (χ2v) is 8.19. The first-order valence-corrected chi connectivity index (χ1v) is 10.1. The number of aryl methyl sites for hydroxylation is 1. The topological polar surface area (TPSA) is 120 Å². The van der Waals surface area contributed by atoms with Crippen molar-refractivity contribution >= 4 is 29.3 Å². The molecule has 3 N–H and O–H groups in total. The van der Waals surface area contributed by atoms with E-state index in [-0.39, 0.29) is 18.4 Å². The fraction of sp³-hybridized carbons (Fsp3) is 0.550. The van der Waals surface area contributed by atoms with Gasteiger partial charge < -0.3 is 0 Å². The molecule has 2 aliphatic carbocycles. The molecule has 29 heavy (non-hydrogen) atoms. The lowest BCUT2D eigenvalue weighted by molar-refractivity contribution is -0.155. The second kappa shape index (κ2) is 8.28. The van der Waals surface area contributed by atoms with Crippen LogP contribution in [0.15, 0.2) is 18.2 Å². The third kappa shape index (κ3) is 4.14. The number of anilines is 1. The van der Waals surface area contributed by atoms with Crippen LogP contribution in [-0.2, 0) is 9.59 Å². The number of hydrazine groups is 1. The van der Waals surface area contributed by atoms with Crippen LogP contribution in [0.5, 0.6) is 0 Å². The van der Waals surface area contributed by atoms with Crippen molar-refractivity contribution < 1.29 is 14.8 Å². The van der Waals surface area contributed by atoms with Gasteiger partial charge in [0.1, 0.15) is 5.52 Å². The Kier molecular flexibility index (Phi) is 5.57. The molecule has 1 atom stereocenters. The van der Waals surface area contributed by atoms with E-state index in [0.29, 0.717) is 46.7 Å². The molecule has 0 spiro atoms. The van der Waals surface area contributed by atoms with E-state index in [4.69, 9.17) is 0 Å². The molecule has 4 rings (SSSR count). The minimum atomic E-state index is -0.515. The van der Waals surface area contributed by atoms with E-state index < -0.39 is 5.92 Å². The highest BCUT2D eigenvalue weighted by molar-refractivity contribution is 5.81. The second-order valence-electron chi connectivity index (χ2n) is 8.19. The average molecular weight is 398 g/mol. The summed E-state index contributed by atoms with van der Waals surface area (Å²) in [7, 11) is 0. The molecule has 154 valence electrons. The Labute approximate surface area is 168 Å². The number of hydrogen-bond donors (Lipinski definition) is 3. The summed E-state index contributed by atoms with van der Waals surface area (Å²) >= 11 is 0. The summed E-state index contributed by atoms with van der Waals surface area (Å²) in [5.74, 6) is 1.16. The molecule has 1 heterocycles. The van der Waals surface area contributed by atoms with Crippen LogP contribution in [0.1, 0.15) is 37.7 Å². The minimum Gasteiger partial charge on any atom is -0.286 e. The Morgan fingerprint density at radius 1 is 1.28 bits per heavy atom. The summed E-state index contributed by atoms with van der Waals surface area (Å²) in [5, 5.41) is 18.3. The number of benzene rings is 1. The van der Waals surface area contributed by atoms with Gasteiger partial charge in [0.25, 0.3) is 5.95 Å². The molecule has 0 radical (unpaired) electrons. The third-order valence-corrected chi connectivity index (χ3v) is 6.47. The van der Waals surface area contributed by atoms with Crippen LogP contribution in [0.3, 0.4) is 0 Å². The van der Waals surface area contributed by atoms with Gasteiger partial charge in [-0.25, -0.2) is 10.0 Å². The number of carbonyl (C=O) groups is 2. The van der Waals surface area contributed by atoms with Gasteiger partial charge in [0, 0.05) is 0 Å². The number of carbonyl (C=O) groups excluding carboxylic acids is 2. The third-order valence-electron chi connectivity index (χ3n) is 6.47. The highest BCUT2D eigenvalue weighted by atomic mass is 16.5. The summed E-state index contributed by atoms with van der Waals surface area (Å²) in [6, 6.07) is 5.64. The van der Waals surface area contributed by atoms with Gasteiger partial charge in [-0.2, -0.15) is 0 Å². The summed E-state index contributed by atoms with van der Waals surface area (Å²) in [6.45, 7) is 1.89. The molecule has 9 heteroatoms.